The zero-order valence-corrected chi connectivity index (χ0v) is 12.9. The molecule has 0 atom stereocenters. The fraction of sp³-hybridized carbons (Fsp3) is 0.647. The summed E-state index contributed by atoms with van der Waals surface area (Å²) < 4.78 is 22.3. The summed E-state index contributed by atoms with van der Waals surface area (Å²) in [5.41, 5.74) is 1.28. The van der Waals surface area contributed by atoms with E-state index >= 15 is 0 Å². The molecule has 1 aromatic rings. The van der Waals surface area contributed by atoms with Crippen molar-refractivity contribution in [1.82, 2.24) is 0 Å². The van der Waals surface area contributed by atoms with E-state index in [9.17, 15) is 0 Å². The van der Waals surface area contributed by atoms with Crippen molar-refractivity contribution in [3.05, 3.63) is 23.8 Å². The van der Waals surface area contributed by atoms with E-state index in [-0.39, 0.29) is 5.79 Å². The summed E-state index contributed by atoms with van der Waals surface area (Å²) in [4.78, 5) is 0. The van der Waals surface area contributed by atoms with Crippen molar-refractivity contribution in [3.63, 3.8) is 0 Å². The summed E-state index contributed by atoms with van der Waals surface area (Å²) in [6.45, 7) is 1.50. The smallest absolute Gasteiger partial charge is 0.168 e. The molecule has 1 aliphatic carbocycles. The molecule has 4 nitrogen and oxygen atoms in total. The highest BCUT2D eigenvalue weighted by Gasteiger charge is 2.40. The fourth-order valence-corrected chi connectivity index (χ4v) is 3.42. The van der Waals surface area contributed by atoms with Gasteiger partial charge in [-0.15, -0.1) is 0 Å². The van der Waals surface area contributed by atoms with Crippen molar-refractivity contribution in [2.75, 3.05) is 27.4 Å². The summed E-state index contributed by atoms with van der Waals surface area (Å²) in [5, 5.41) is 0. The van der Waals surface area contributed by atoms with Gasteiger partial charge in [0.15, 0.2) is 5.79 Å². The summed E-state index contributed by atoms with van der Waals surface area (Å²) in [6.07, 6.45) is 5.39. The molecule has 1 spiro atoms. The minimum absolute atomic E-state index is 0.261. The topological polar surface area (TPSA) is 36.9 Å². The Labute approximate surface area is 126 Å². The van der Waals surface area contributed by atoms with Gasteiger partial charge in [-0.1, -0.05) is 0 Å². The van der Waals surface area contributed by atoms with Gasteiger partial charge < -0.3 is 18.9 Å². The van der Waals surface area contributed by atoms with Gasteiger partial charge in [0.1, 0.15) is 11.5 Å². The van der Waals surface area contributed by atoms with Crippen LogP contribution >= 0.6 is 0 Å². The first kappa shape index (κ1) is 14.7. The van der Waals surface area contributed by atoms with Crippen molar-refractivity contribution in [3.8, 4) is 11.5 Å². The number of hydrogen-bond acceptors (Lipinski definition) is 4. The van der Waals surface area contributed by atoms with E-state index in [4.69, 9.17) is 18.9 Å². The lowest BCUT2D eigenvalue weighted by Crippen LogP contribution is -2.35. The maximum absolute atomic E-state index is 5.79. The SMILES string of the molecule is COc1cc(CC2CCC3(CC2)OCCO3)cc(OC)c1. The Bertz CT molecular complexity index is 447. The number of ether oxygens (including phenoxy) is 4. The van der Waals surface area contributed by atoms with Crippen LogP contribution in [0.15, 0.2) is 18.2 Å². The van der Waals surface area contributed by atoms with Gasteiger partial charge in [0.05, 0.1) is 27.4 Å². The first-order valence-electron chi connectivity index (χ1n) is 7.73. The minimum atomic E-state index is -0.261. The van der Waals surface area contributed by atoms with Gasteiger partial charge in [0, 0.05) is 18.9 Å². The molecule has 1 saturated heterocycles. The first-order chi connectivity index (χ1) is 10.2. The van der Waals surface area contributed by atoms with E-state index < -0.39 is 0 Å². The summed E-state index contributed by atoms with van der Waals surface area (Å²) in [5.74, 6) is 2.14. The van der Waals surface area contributed by atoms with Crippen molar-refractivity contribution in [1.29, 1.82) is 0 Å². The number of hydrogen-bond donors (Lipinski definition) is 0. The molecule has 0 amide bonds. The minimum Gasteiger partial charge on any atom is -0.497 e. The van der Waals surface area contributed by atoms with Crippen LogP contribution in [-0.4, -0.2) is 33.2 Å². The Morgan fingerprint density at radius 2 is 1.57 bits per heavy atom. The standard InChI is InChI=1S/C17H24O4/c1-18-15-10-14(11-16(12-15)19-2)9-13-3-5-17(6-4-13)20-7-8-21-17/h10-13H,3-9H2,1-2H3. The van der Waals surface area contributed by atoms with Gasteiger partial charge in [-0.25, -0.2) is 0 Å². The van der Waals surface area contributed by atoms with Gasteiger partial charge in [-0.05, 0) is 42.9 Å². The van der Waals surface area contributed by atoms with Crippen LogP contribution in [0, 0.1) is 5.92 Å². The Balaban J connectivity index is 1.62. The van der Waals surface area contributed by atoms with Crippen LogP contribution < -0.4 is 9.47 Å². The predicted octanol–water partition coefficient (Wildman–Crippen LogP) is 3.18. The Hall–Kier alpha value is -1.26. The molecule has 116 valence electrons. The molecule has 0 radical (unpaired) electrons. The summed E-state index contributed by atoms with van der Waals surface area (Å²) in [7, 11) is 3.38. The third-order valence-corrected chi connectivity index (χ3v) is 4.62. The van der Waals surface area contributed by atoms with Crippen molar-refractivity contribution < 1.29 is 18.9 Å². The number of methoxy groups -OCH3 is 2. The molecule has 0 unspecified atom stereocenters. The molecule has 1 heterocycles. The van der Waals surface area contributed by atoms with E-state index in [0.29, 0.717) is 5.92 Å². The Morgan fingerprint density at radius 3 is 2.10 bits per heavy atom. The lowest BCUT2D eigenvalue weighted by Gasteiger charge is -2.35. The van der Waals surface area contributed by atoms with Gasteiger partial charge in [0.25, 0.3) is 0 Å². The molecule has 2 fully saturated rings. The van der Waals surface area contributed by atoms with E-state index in [2.05, 4.69) is 12.1 Å². The lowest BCUT2D eigenvalue weighted by atomic mass is 9.81. The molecule has 4 heteroatoms. The molecule has 0 N–H and O–H groups in total. The van der Waals surface area contributed by atoms with Crippen LogP contribution in [0.3, 0.4) is 0 Å². The largest absolute Gasteiger partial charge is 0.497 e. The van der Waals surface area contributed by atoms with E-state index in [1.165, 1.54) is 5.56 Å². The van der Waals surface area contributed by atoms with Crippen molar-refractivity contribution in [2.24, 2.45) is 5.92 Å². The molecular weight excluding hydrogens is 268 g/mol. The van der Waals surface area contributed by atoms with Crippen LogP contribution in [-0.2, 0) is 15.9 Å². The molecule has 0 bridgehead atoms. The fourth-order valence-electron chi connectivity index (χ4n) is 3.42. The molecule has 0 aromatic heterocycles. The van der Waals surface area contributed by atoms with E-state index in [0.717, 1.165) is 56.8 Å². The Morgan fingerprint density at radius 1 is 1.00 bits per heavy atom. The molecule has 21 heavy (non-hydrogen) atoms. The third-order valence-electron chi connectivity index (χ3n) is 4.62. The molecule has 1 saturated carbocycles. The highest BCUT2D eigenvalue weighted by atomic mass is 16.7. The normalized spacial score (nSPS) is 21.6. The summed E-state index contributed by atoms with van der Waals surface area (Å²) >= 11 is 0. The van der Waals surface area contributed by atoms with E-state index in [1.54, 1.807) is 14.2 Å². The maximum Gasteiger partial charge on any atom is 0.168 e. The molecular formula is C17H24O4. The second kappa shape index (κ2) is 6.24. The first-order valence-corrected chi connectivity index (χ1v) is 7.73. The Kier molecular flexibility index (Phi) is 4.36. The molecule has 1 aromatic carbocycles. The van der Waals surface area contributed by atoms with Crippen molar-refractivity contribution >= 4 is 0 Å². The monoisotopic (exact) mass is 292 g/mol. The highest BCUT2D eigenvalue weighted by Crippen LogP contribution is 2.39. The average molecular weight is 292 g/mol. The second-order valence-electron chi connectivity index (χ2n) is 5.98. The maximum atomic E-state index is 5.79. The van der Waals surface area contributed by atoms with Gasteiger partial charge in [0.2, 0.25) is 0 Å². The molecule has 3 rings (SSSR count). The zero-order chi connectivity index (χ0) is 14.7. The molecule has 1 aliphatic heterocycles. The van der Waals surface area contributed by atoms with E-state index in [1.807, 2.05) is 6.07 Å². The average Bonchev–Trinajstić information content (AvgIpc) is 2.98. The molecule has 2 aliphatic rings. The highest BCUT2D eigenvalue weighted by molar-refractivity contribution is 5.38. The quantitative estimate of drug-likeness (QED) is 0.854. The third kappa shape index (κ3) is 3.33. The van der Waals surface area contributed by atoms with Crippen LogP contribution in [0.5, 0.6) is 11.5 Å². The van der Waals surface area contributed by atoms with Gasteiger partial charge in [-0.3, -0.25) is 0 Å². The van der Waals surface area contributed by atoms with Crippen LogP contribution in [0.4, 0.5) is 0 Å². The van der Waals surface area contributed by atoms with Crippen LogP contribution in [0.25, 0.3) is 0 Å². The van der Waals surface area contributed by atoms with Crippen LogP contribution in [0.1, 0.15) is 31.2 Å². The number of benzene rings is 1. The zero-order valence-electron chi connectivity index (χ0n) is 12.9. The van der Waals surface area contributed by atoms with Gasteiger partial charge >= 0.3 is 0 Å². The second-order valence-corrected chi connectivity index (χ2v) is 5.98. The number of rotatable bonds is 4. The van der Waals surface area contributed by atoms with Crippen LogP contribution in [0.2, 0.25) is 0 Å². The summed E-state index contributed by atoms with van der Waals surface area (Å²) in [6, 6.07) is 6.13. The van der Waals surface area contributed by atoms with Crippen molar-refractivity contribution in [2.45, 2.75) is 37.9 Å². The predicted molar refractivity (Wildman–Crippen MR) is 79.8 cm³/mol. The lowest BCUT2D eigenvalue weighted by molar-refractivity contribution is -0.182. The van der Waals surface area contributed by atoms with Gasteiger partial charge in [-0.2, -0.15) is 0 Å².